The number of carboxylic acid groups (broad SMARTS) is 1. The van der Waals surface area contributed by atoms with Gasteiger partial charge in [-0.1, -0.05) is 13.0 Å². The summed E-state index contributed by atoms with van der Waals surface area (Å²) in [4.78, 5) is 20.7. The molecule has 0 saturated heterocycles. The highest BCUT2D eigenvalue weighted by Crippen LogP contribution is 2.29. The third kappa shape index (κ3) is 4.69. The highest BCUT2D eigenvalue weighted by atomic mass is 32.2. The van der Waals surface area contributed by atoms with Crippen molar-refractivity contribution < 1.29 is 18.7 Å². The molecule has 0 aliphatic carbocycles. The summed E-state index contributed by atoms with van der Waals surface area (Å²) in [6, 6.07) is 12.0. The first kappa shape index (κ1) is 20.9. The van der Waals surface area contributed by atoms with Gasteiger partial charge in [-0.2, -0.15) is 0 Å². The van der Waals surface area contributed by atoms with Crippen LogP contribution in [0.5, 0.6) is 0 Å². The number of aromatic nitrogens is 2. The van der Waals surface area contributed by atoms with Crippen LogP contribution in [0.3, 0.4) is 0 Å². The predicted octanol–water partition coefficient (Wildman–Crippen LogP) is 5.49. The van der Waals surface area contributed by atoms with Crippen molar-refractivity contribution in [2.45, 2.75) is 18.2 Å². The van der Waals surface area contributed by atoms with Crippen LogP contribution in [0.25, 0.3) is 22.2 Å². The van der Waals surface area contributed by atoms with Crippen LogP contribution in [0.15, 0.2) is 64.4 Å². The van der Waals surface area contributed by atoms with E-state index in [9.17, 15) is 14.3 Å². The average Bonchev–Trinajstić information content (AvgIpc) is 3.21. The van der Waals surface area contributed by atoms with Crippen molar-refractivity contribution in [3.05, 3.63) is 72.0 Å². The molecule has 0 spiro atoms. The molecular weight excluding hydrogens is 417 g/mol. The first-order valence-corrected chi connectivity index (χ1v) is 10.8. The van der Waals surface area contributed by atoms with Gasteiger partial charge in [0.15, 0.2) is 0 Å². The summed E-state index contributed by atoms with van der Waals surface area (Å²) in [5.41, 5.74) is 2.89. The standard InChI is InChI=1S/C23H20FN3O3S/c1-2-31-21-10-15(3-4-17(21)23(28)29)19-12-22(27-13-26-19)25-7-5-14-9-16-6-8-30-20(16)11-18(14)24/h3-4,6,8-13H,2,5,7H2,1H3,(H,28,29)(H,25,26,27). The Hall–Kier alpha value is -3.39. The Labute approximate surface area is 182 Å². The molecular formula is C23H20FN3O3S. The zero-order valence-electron chi connectivity index (χ0n) is 16.8. The number of nitrogens with zero attached hydrogens (tertiary/aromatic N) is 2. The number of rotatable bonds is 8. The first-order chi connectivity index (χ1) is 15.0. The normalized spacial score (nSPS) is 11.0. The number of carboxylic acids is 1. The summed E-state index contributed by atoms with van der Waals surface area (Å²) >= 11 is 1.48. The summed E-state index contributed by atoms with van der Waals surface area (Å²) < 4.78 is 19.5. The van der Waals surface area contributed by atoms with Crippen molar-refractivity contribution in [2.24, 2.45) is 0 Å². The van der Waals surface area contributed by atoms with Crippen LogP contribution >= 0.6 is 11.8 Å². The zero-order valence-corrected chi connectivity index (χ0v) is 17.6. The van der Waals surface area contributed by atoms with Gasteiger partial charge in [-0.05, 0) is 42.0 Å². The number of furan rings is 1. The first-order valence-electron chi connectivity index (χ1n) is 9.77. The topological polar surface area (TPSA) is 88.3 Å². The minimum Gasteiger partial charge on any atom is -0.478 e. The molecule has 4 aromatic rings. The van der Waals surface area contributed by atoms with Gasteiger partial charge in [0.1, 0.15) is 23.5 Å². The van der Waals surface area contributed by atoms with Gasteiger partial charge in [0.25, 0.3) is 0 Å². The van der Waals surface area contributed by atoms with E-state index < -0.39 is 5.97 Å². The zero-order chi connectivity index (χ0) is 21.8. The Morgan fingerprint density at radius 2 is 2.06 bits per heavy atom. The van der Waals surface area contributed by atoms with Crippen LogP contribution in [0.4, 0.5) is 10.2 Å². The number of hydrogen-bond acceptors (Lipinski definition) is 6. The van der Waals surface area contributed by atoms with Gasteiger partial charge in [0.05, 0.1) is 17.5 Å². The summed E-state index contributed by atoms with van der Waals surface area (Å²) in [7, 11) is 0. The Morgan fingerprint density at radius 3 is 2.87 bits per heavy atom. The van der Waals surface area contributed by atoms with Gasteiger partial charge in [-0.25, -0.2) is 19.2 Å². The van der Waals surface area contributed by atoms with Crippen LogP contribution in [0.1, 0.15) is 22.8 Å². The lowest BCUT2D eigenvalue weighted by Crippen LogP contribution is -2.08. The van der Waals surface area contributed by atoms with Gasteiger partial charge in [-0.3, -0.25) is 0 Å². The van der Waals surface area contributed by atoms with Crippen LogP contribution in [-0.2, 0) is 6.42 Å². The van der Waals surface area contributed by atoms with Crippen molar-refractivity contribution in [1.82, 2.24) is 9.97 Å². The van der Waals surface area contributed by atoms with E-state index in [1.807, 2.05) is 19.1 Å². The monoisotopic (exact) mass is 437 g/mol. The summed E-state index contributed by atoms with van der Waals surface area (Å²) in [5, 5.41) is 13.4. The molecule has 2 heterocycles. The fourth-order valence-corrected chi connectivity index (χ4v) is 4.13. The molecule has 31 heavy (non-hydrogen) atoms. The Kier molecular flexibility index (Phi) is 6.18. The maximum atomic E-state index is 14.2. The van der Waals surface area contributed by atoms with Crippen molar-refractivity contribution in [3.63, 3.8) is 0 Å². The number of anilines is 1. The Bertz CT molecular complexity index is 1240. The molecule has 0 aliphatic heterocycles. The second kappa shape index (κ2) is 9.18. The van der Waals surface area contributed by atoms with Crippen LogP contribution < -0.4 is 5.32 Å². The lowest BCUT2D eigenvalue weighted by atomic mass is 10.1. The van der Waals surface area contributed by atoms with E-state index in [4.69, 9.17) is 4.42 Å². The van der Waals surface area contributed by atoms with Crippen molar-refractivity contribution >= 4 is 34.5 Å². The molecule has 0 bridgehead atoms. The summed E-state index contributed by atoms with van der Waals surface area (Å²) in [5.74, 6) is 0.129. The number of nitrogens with one attached hydrogen (secondary N) is 1. The second-order valence-electron chi connectivity index (χ2n) is 6.82. The molecule has 0 aliphatic rings. The van der Waals surface area contributed by atoms with E-state index in [0.717, 1.165) is 16.7 Å². The highest BCUT2D eigenvalue weighted by molar-refractivity contribution is 7.99. The van der Waals surface area contributed by atoms with Crippen LogP contribution in [0.2, 0.25) is 0 Å². The molecule has 0 radical (unpaired) electrons. The molecule has 0 unspecified atom stereocenters. The lowest BCUT2D eigenvalue weighted by molar-refractivity contribution is 0.0693. The number of benzene rings is 2. The Balaban J connectivity index is 1.48. The molecule has 0 amide bonds. The van der Waals surface area contributed by atoms with Gasteiger partial charge in [-0.15, -0.1) is 11.8 Å². The van der Waals surface area contributed by atoms with E-state index in [-0.39, 0.29) is 11.4 Å². The summed E-state index contributed by atoms with van der Waals surface area (Å²) in [6.45, 7) is 2.47. The Morgan fingerprint density at radius 1 is 1.19 bits per heavy atom. The minimum atomic E-state index is -0.951. The van der Waals surface area contributed by atoms with E-state index >= 15 is 0 Å². The van der Waals surface area contributed by atoms with Gasteiger partial charge in [0.2, 0.25) is 0 Å². The molecule has 2 N–H and O–H groups in total. The van der Waals surface area contributed by atoms with E-state index in [1.54, 1.807) is 30.5 Å². The van der Waals surface area contributed by atoms with E-state index in [0.29, 0.717) is 40.5 Å². The fourth-order valence-electron chi connectivity index (χ4n) is 3.29. The molecule has 0 saturated carbocycles. The summed E-state index contributed by atoms with van der Waals surface area (Å²) in [6.07, 6.45) is 3.48. The number of fused-ring (bicyclic) bond motifs is 1. The predicted molar refractivity (Wildman–Crippen MR) is 119 cm³/mol. The number of hydrogen-bond donors (Lipinski definition) is 2. The molecule has 0 fully saturated rings. The second-order valence-corrected chi connectivity index (χ2v) is 8.12. The van der Waals surface area contributed by atoms with Gasteiger partial charge in [0, 0.05) is 34.5 Å². The van der Waals surface area contributed by atoms with Crippen LogP contribution in [0, 0.1) is 5.82 Å². The molecule has 8 heteroatoms. The quantitative estimate of drug-likeness (QED) is 0.352. The SMILES string of the molecule is CCSc1cc(-c2cc(NCCc3cc4ccoc4cc3F)ncn2)ccc1C(=O)O. The largest absolute Gasteiger partial charge is 0.478 e. The highest BCUT2D eigenvalue weighted by Gasteiger charge is 2.13. The molecule has 158 valence electrons. The average molecular weight is 437 g/mol. The maximum absolute atomic E-state index is 14.2. The van der Waals surface area contributed by atoms with Gasteiger partial charge < -0.3 is 14.8 Å². The number of thioether (sulfide) groups is 1. The minimum absolute atomic E-state index is 0.277. The fraction of sp³-hybridized carbons (Fsp3) is 0.174. The number of aromatic carboxylic acids is 1. The molecule has 4 rings (SSSR count). The van der Waals surface area contributed by atoms with E-state index in [1.165, 1.54) is 24.2 Å². The van der Waals surface area contributed by atoms with E-state index in [2.05, 4.69) is 15.3 Å². The molecule has 2 aromatic carbocycles. The number of halogens is 1. The lowest BCUT2D eigenvalue weighted by Gasteiger charge is -2.10. The maximum Gasteiger partial charge on any atom is 0.336 e. The molecule has 2 aromatic heterocycles. The van der Waals surface area contributed by atoms with Gasteiger partial charge >= 0.3 is 5.97 Å². The van der Waals surface area contributed by atoms with Crippen molar-refractivity contribution in [1.29, 1.82) is 0 Å². The number of carbonyl (C=O) groups is 1. The molecule has 6 nitrogen and oxygen atoms in total. The van der Waals surface area contributed by atoms with Crippen LogP contribution in [-0.4, -0.2) is 33.3 Å². The third-order valence-corrected chi connectivity index (χ3v) is 5.73. The smallest absolute Gasteiger partial charge is 0.336 e. The van der Waals surface area contributed by atoms with Crippen molar-refractivity contribution in [3.8, 4) is 11.3 Å². The van der Waals surface area contributed by atoms with Crippen molar-refractivity contribution in [2.75, 3.05) is 17.6 Å². The third-order valence-electron chi connectivity index (χ3n) is 4.80. The molecule has 0 atom stereocenters.